The van der Waals surface area contributed by atoms with Crippen LogP contribution in [0, 0.1) is 5.41 Å². The third kappa shape index (κ3) is 2.48. The second-order valence-corrected chi connectivity index (χ2v) is 5.52. The monoisotopic (exact) mass is 200 g/mol. The minimum absolute atomic E-state index is 0.0389. The molecule has 0 aliphatic carbocycles. The van der Waals surface area contributed by atoms with Crippen LogP contribution in [0.3, 0.4) is 0 Å². The van der Waals surface area contributed by atoms with Crippen molar-refractivity contribution in [3.05, 3.63) is 0 Å². The van der Waals surface area contributed by atoms with Gasteiger partial charge in [0.1, 0.15) is 0 Å². The first-order valence-electron chi connectivity index (χ1n) is 5.73. The van der Waals surface area contributed by atoms with Crippen LogP contribution < -0.4 is 0 Å². The van der Waals surface area contributed by atoms with Crippen molar-refractivity contribution < 1.29 is 9.84 Å². The van der Waals surface area contributed by atoms with Gasteiger partial charge in [0.2, 0.25) is 0 Å². The van der Waals surface area contributed by atoms with Gasteiger partial charge in [-0.25, -0.2) is 0 Å². The molecule has 0 aromatic carbocycles. The molecule has 2 unspecified atom stereocenters. The first kappa shape index (κ1) is 12.0. The van der Waals surface area contributed by atoms with Gasteiger partial charge in [-0.2, -0.15) is 0 Å². The van der Waals surface area contributed by atoms with Crippen LogP contribution in [0.4, 0.5) is 0 Å². The Balaban J connectivity index is 2.62. The van der Waals surface area contributed by atoms with Crippen molar-refractivity contribution in [1.29, 1.82) is 0 Å². The second kappa shape index (κ2) is 4.19. The van der Waals surface area contributed by atoms with Crippen molar-refractivity contribution >= 4 is 0 Å². The number of rotatable bonds is 2. The fourth-order valence-electron chi connectivity index (χ4n) is 2.12. The van der Waals surface area contributed by atoms with Gasteiger partial charge >= 0.3 is 0 Å². The molecule has 1 rings (SSSR count). The molecule has 0 aromatic heterocycles. The summed E-state index contributed by atoms with van der Waals surface area (Å²) in [5.74, 6) is 0. The topological polar surface area (TPSA) is 29.5 Å². The van der Waals surface area contributed by atoms with E-state index in [0.717, 1.165) is 25.7 Å². The summed E-state index contributed by atoms with van der Waals surface area (Å²) >= 11 is 0. The molecule has 0 bridgehead atoms. The lowest BCUT2D eigenvalue weighted by Crippen LogP contribution is -2.49. The van der Waals surface area contributed by atoms with Gasteiger partial charge in [0.05, 0.1) is 11.7 Å². The quantitative estimate of drug-likeness (QED) is 0.742. The molecule has 2 atom stereocenters. The summed E-state index contributed by atoms with van der Waals surface area (Å²) in [6.45, 7) is 9.20. The van der Waals surface area contributed by atoms with E-state index in [9.17, 15) is 5.11 Å². The van der Waals surface area contributed by atoms with Crippen LogP contribution in [0.25, 0.3) is 0 Å². The Kier molecular flexibility index (Phi) is 3.59. The summed E-state index contributed by atoms with van der Waals surface area (Å²) in [4.78, 5) is 0. The van der Waals surface area contributed by atoms with Gasteiger partial charge in [-0.3, -0.25) is 0 Å². The van der Waals surface area contributed by atoms with E-state index in [4.69, 9.17) is 4.74 Å². The Morgan fingerprint density at radius 3 is 2.57 bits per heavy atom. The maximum absolute atomic E-state index is 10.5. The summed E-state index contributed by atoms with van der Waals surface area (Å²) in [6.07, 6.45) is 4.03. The van der Waals surface area contributed by atoms with Crippen molar-refractivity contribution in [2.45, 2.75) is 65.1 Å². The fraction of sp³-hybridized carbons (Fsp3) is 1.00. The standard InChI is InChI=1S/C12H24O2/c1-5-6-10-9-12(13,7-8-14-10)11(2,3)4/h10,13H,5-9H2,1-4H3. The minimum Gasteiger partial charge on any atom is -0.389 e. The van der Waals surface area contributed by atoms with E-state index in [2.05, 4.69) is 27.7 Å². The number of ether oxygens (including phenoxy) is 1. The minimum atomic E-state index is -0.537. The lowest BCUT2D eigenvalue weighted by molar-refractivity contribution is -0.154. The highest BCUT2D eigenvalue weighted by atomic mass is 16.5. The van der Waals surface area contributed by atoms with E-state index >= 15 is 0 Å². The Morgan fingerprint density at radius 1 is 1.43 bits per heavy atom. The van der Waals surface area contributed by atoms with Crippen LogP contribution in [0.1, 0.15) is 53.4 Å². The van der Waals surface area contributed by atoms with Crippen LogP contribution in [-0.4, -0.2) is 23.4 Å². The summed E-state index contributed by atoms with van der Waals surface area (Å²) in [7, 11) is 0. The van der Waals surface area contributed by atoms with Crippen molar-refractivity contribution in [2.24, 2.45) is 5.41 Å². The highest BCUT2D eigenvalue weighted by Gasteiger charge is 2.43. The van der Waals surface area contributed by atoms with Crippen LogP contribution >= 0.6 is 0 Å². The molecule has 1 N–H and O–H groups in total. The number of hydrogen-bond acceptors (Lipinski definition) is 2. The predicted molar refractivity (Wildman–Crippen MR) is 58.3 cm³/mol. The number of hydrogen-bond donors (Lipinski definition) is 1. The molecule has 14 heavy (non-hydrogen) atoms. The molecule has 1 aliphatic rings. The van der Waals surface area contributed by atoms with Gasteiger partial charge in [0, 0.05) is 19.4 Å². The lowest BCUT2D eigenvalue weighted by atomic mass is 9.70. The first-order chi connectivity index (χ1) is 6.39. The Labute approximate surface area is 87.7 Å². The molecular weight excluding hydrogens is 176 g/mol. The molecule has 2 heteroatoms. The van der Waals surface area contributed by atoms with Gasteiger partial charge < -0.3 is 9.84 Å². The fourth-order valence-corrected chi connectivity index (χ4v) is 2.12. The summed E-state index contributed by atoms with van der Waals surface area (Å²) in [5, 5.41) is 10.5. The lowest BCUT2D eigenvalue weighted by Gasteiger charge is -2.45. The maximum Gasteiger partial charge on any atom is 0.0742 e. The predicted octanol–water partition coefficient (Wildman–Crippen LogP) is 2.74. The van der Waals surface area contributed by atoms with E-state index in [1.807, 2.05) is 0 Å². The van der Waals surface area contributed by atoms with Crippen LogP contribution in [0.5, 0.6) is 0 Å². The highest BCUT2D eigenvalue weighted by Crippen LogP contribution is 2.40. The molecule has 2 nitrogen and oxygen atoms in total. The Bertz CT molecular complexity index is 181. The zero-order valence-corrected chi connectivity index (χ0v) is 9.97. The smallest absolute Gasteiger partial charge is 0.0742 e. The van der Waals surface area contributed by atoms with Crippen molar-refractivity contribution in [1.82, 2.24) is 0 Å². The van der Waals surface area contributed by atoms with Gasteiger partial charge in [-0.1, -0.05) is 34.1 Å². The van der Waals surface area contributed by atoms with E-state index in [0.29, 0.717) is 6.61 Å². The van der Waals surface area contributed by atoms with Gasteiger partial charge in [-0.05, 0) is 11.8 Å². The largest absolute Gasteiger partial charge is 0.389 e. The summed E-state index contributed by atoms with van der Waals surface area (Å²) in [6, 6.07) is 0. The second-order valence-electron chi connectivity index (χ2n) is 5.52. The molecule has 0 spiro atoms. The van der Waals surface area contributed by atoms with E-state index in [1.54, 1.807) is 0 Å². The van der Waals surface area contributed by atoms with Crippen LogP contribution in [0.2, 0.25) is 0 Å². The van der Waals surface area contributed by atoms with Gasteiger partial charge in [0.15, 0.2) is 0 Å². The zero-order valence-electron chi connectivity index (χ0n) is 9.97. The van der Waals surface area contributed by atoms with Crippen molar-refractivity contribution in [3.8, 4) is 0 Å². The third-order valence-electron chi connectivity index (χ3n) is 3.44. The Hall–Kier alpha value is -0.0800. The maximum atomic E-state index is 10.5. The molecule has 1 aliphatic heterocycles. The average molecular weight is 200 g/mol. The molecule has 0 aromatic rings. The normalized spacial score (nSPS) is 34.5. The molecule has 0 amide bonds. The van der Waals surface area contributed by atoms with Gasteiger partial charge in [-0.15, -0.1) is 0 Å². The zero-order chi connectivity index (χ0) is 10.8. The Morgan fingerprint density at radius 2 is 2.07 bits per heavy atom. The van der Waals surface area contributed by atoms with E-state index in [-0.39, 0.29) is 11.5 Å². The van der Waals surface area contributed by atoms with Crippen molar-refractivity contribution in [3.63, 3.8) is 0 Å². The molecule has 1 heterocycles. The van der Waals surface area contributed by atoms with Gasteiger partial charge in [0.25, 0.3) is 0 Å². The third-order valence-corrected chi connectivity index (χ3v) is 3.44. The van der Waals surface area contributed by atoms with E-state index in [1.165, 1.54) is 0 Å². The van der Waals surface area contributed by atoms with Crippen molar-refractivity contribution in [2.75, 3.05) is 6.61 Å². The first-order valence-corrected chi connectivity index (χ1v) is 5.73. The van der Waals surface area contributed by atoms with Crippen LogP contribution in [0.15, 0.2) is 0 Å². The average Bonchev–Trinajstić information content (AvgIpc) is 2.03. The molecule has 0 radical (unpaired) electrons. The summed E-state index contributed by atoms with van der Waals surface area (Å²) < 4.78 is 5.65. The van der Waals surface area contributed by atoms with E-state index < -0.39 is 5.60 Å². The molecule has 84 valence electrons. The summed E-state index contributed by atoms with van der Waals surface area (Å²) in [5.41, 5.74) is -0.576. The molecular formula is C12H24O2. The number of aliphatic hydroxyl groups is 1. The molecule has 1 fully saturated rings. The molecule has 0 saturated carbocycles. The molecule has 1 saturated heterocycles. The SMILES string of the molecule is CCCC1CC(O)(C(C)(C)C)CCO1. The highest BCUT2D eigenvalue weighted by molar-refractivity contribution is 4.94. The van der Waals surface area contributed by atoms with Crippen LogP contribution in [-0.2, 0) is 4.74 Å².